The first-order valence-electron chi connectivity index (χ1n) is 8.30. The van der Waals surface area contributed by atoms with Gasteiger partial charge in [0.15, 0.2) is 6.61 Å². The molecule has 0 fully saturated rings. The first kappa shape index (κ1) is 18.4. The number of hydrogen-bond donors (Lipinski definition) is 2. The Morgan fingerprint density at radius 3 is 2.78 bits per heavy atom. The molecule has 3 N–H and O–H groups in total. The van der Waals surface area contributed by atoms with Crippen LogP contribution in [0.25, 0.3) is 0 Å². The normalized spacial score (nSPS) is 16.1. The lowest BCUT2D eigenvalue weighted by Gasteiger charge is -2.27. The van der Waals surface area contributed by atoms with Crippen molar-refractivity contribution < 1.29 is 23.5 Å². The number of rotatable bonds is 3. The van der Waals surface area contributed by atoms with Crippen LogP contribution in [0, 0.1) is 5.82 Å². The monoisotopic (exact) mass is 371 g/mol. The smallest absolute Gasteiger partial charge is 0.340 e. The number of nitrogens with two attached hydrogens (primary N) is 1. The molecule has 0 bridgehead atoms. The Morgan fingerprint density at radius 1 is 1.30 bits per heavy atom. The Labute approximate surface area is 154 Å². The van der Waals surface area contributed by atoms with Gasteiger partial charge in [0.05, 0.1) is 16.9 Å². The minimum atomic E-state index is -0.828. The van der Waals surface area contributed by atoms with Crippen LogP contribution in [0.3, 0.4) is 0 Å². The summed E-state index contributed by atoms with van der Waals surface area (Å²) in [6, 6.07) is 9.75. The highest BCUT2D eigenvalue weighted by Gasteiger charge is 2.30. The summed E-state index contributed by atoms with van der Waals surface area (Å²) in [5.41, 5.74) is 6.55. The summed E-state index contributed by atoms with van der Waals surface area (Å²) in [5, 5.41) is 2.75. The summed E-state index contributed by atoms with van der Waals surface area (Å²) in [5.74, 6) is -2.10. The number of benzene rings is 2. The Hall–Kier alpha value is -3.42. The van der Waals surface area contributed by atoms with Crippen LogP contribution in [0.1, 0.15) is 23.7 Å². The molecule has 0 spiro atoms. The minimum absolute atomic E-state index is 0.0228. The third-order valence-corrected chi connectivity index (χ3v) is 4.19. The van der Waals surface area contributed by atoms with Crippen LogP contribution in [-0.4, -0.2) is 30.4 Å². The van der Waals surface area contributed by atoms with E-state index in [4.69, 9.17) is 10.5 Å². The molecule has 8 heteroatoms. The molecule has 2 aromatic rings. The van der Waals surface area contributed by atoms with Crippen molar-refractivity contribution in [3.63, 3.8) is 0 Å². The van der Waals surface area contributed by atoms with Gasteiger partial charge >= 0.3 is 5.97 Å². The number of hydrogen-bond acceptors (Lipinski definition) is 5. The lowest BCUT2D eigenvalue weighted by Crippen LogP contribution is -2.41. The lowest BCUT2D eigenvalue weighted by molar-refractivity contribution is -0.122. The summed E-state index contributed by atoms with van der Waals surface area (Å²) in [6.45, 7) is 1.20. The molecule has 1 unspecified atom stereocenters. The second-order valence-electron chi connectivity index (χ2n) is 6.19. The summed E-state index contributed by atoms with van der Waals surface area (Å²) in [7, 11) is 0. The average molecular weight is 371 g/mol. The van der Waals surface area contributed by atoms with E-state index in [1.165, 1.54) is 11.0 Å². The van der Waals surface area contributed by atoms with Crippen LogP contribution in [0.15, 0.2) is 42.5 Å². The standard InChI is InChI=1S/C19H18FN3O4/c1-11-8-17(24)22-15-4-2-3-5-16(15)23(11)18(25)10-27-19(26)13-7-6-12(20)9-14(13)21/h2-7,9,11H,8,10,21H2,1H3,(H,22,24). The van der Waals surface area contributed by atoms with Crippen molar-refractivity contribution in [3.05, 3.63) is 53.8 Å². The van der Waals surface area contributed by atoms with Gasteiger partial charge in [-0.25, -0.2) is 9.18 Å². The highest BCUT2D eigenvalue weighted by molar-refractivity contribution is 6.05. The predicted molar refractivity (Wildman–Crippen MR) is 97.7 cm³/mol. The second kappa shape index (κ2) is 7.45. The Balaban J connectivity index is 1.77. The summed E-state index contributed by atoms with van der Waals surface area (Å²) in [6.07, 6.45) is 0.110. The number of ether oxygens (including phenoxy) is 1. The van der Waals surface area contributed by atoms with Crippen LogP contribution in [0.2, 0.25) is 0 Å². The Morgan fingerprint density at radius 2 is 2.04 bits per heavy atom. The molecule has 0 radical (unpaired) electrons. The van der Waals surface area contributed by atoms with E-state index in [-0.39, 0.29) is 23.6 Å². The molecule has 1 atom stereocenters. The van der Waals surface area contributed by atoms with E-state index in [0.29, 0.717) is 11.4 Å². The number of carbonyl (C=O) groups excluding carboxylic acids is 3. The van der Waals surface area contributed by atoms with Crippen molar-refractivity contribution in [2.75, 3.05) is 22.6 Å². The summed E-state index contributed by atoms with van der Waals surface area (Å²) in [4.78, 5) is 38.3. The van der Waals surface area contributed by atoms with Crippen molar-refractivity contribution >= 4 is 34.8 Å². The first-order chi connectivity index (χ1) is 12.9. The number of anilines is 3. The molecule has 2 aromatic carbocycles. The van der Waals surface area contributed by atoms with Gasteiger partial charge in [0.2, 0.25) is 5.91 Å². The van der Waals surface area contributed by atoms with Gasteiger partial charge in [-0.05, 0) is 37.3 Å². The van der Waals surface area contributed by atoms with Gasteiger partial charge in [-0.3, -0.25) is 9.59 Å². The molecular formula is C19H18FN3O4. The lowest BCUT2D eigenvalue weighted by atomic mass is 10.1. The molecular weight excluding hydrogens is 353 g/mol. The number of fused-ring (bicyclic) bond motifs is 1. The number of halogens is 1. The van der Waals surface area contributed by atoms with E-state index >= 15 is 0 Å². The number of amides is 2. The van der Waals surface area contributed by atoms with E-state index in [2.05, 4.69) is 5.32 Å². The third kappa shape index (κ3) is 3.89. The second-order valence-corrected chi connectivity index (χ2v) is 6.19. The molecule has 0 aromatic heterocycles. The van der Waals surface area contributed by atoms with Gasteiger partial charge < -0.3 is 20.7 Å². The predicted octanol–water partition coefficient (Wildman–Crippen LogP) is 2.33. The number of nitrogens with one attached hydrogen (secondary N) is 1. The van der Waals surface area contributed by atoms with Gasteiger partial charge in [0.1, 0.15) is 5.82 Å². The van der Waals surface area contributed by atoms with Gasteiger partial charge in [0, 0.05) is 18.2 Å². The van der Waals surface area contributed by atoms with Crippen molar-refractivity contribution in [1.82, 2.24) is 0 Å². The molecule has 140 valence electrons. The number of para-hydroxylation sites is 2. The number of carbonyl (C=O) groups is 3. The van der Waals surface area contributed by atoms with E-state index in [1.54, 1.807) is 31.2 Å². The highest BCUT2D eigenvalue weighted by atomic mass is 19.1. The van der Waals surface area contributed by atoms with Crippen LogP contribution in [0.4, 0.5) is 21.5 Å². The van der Waals surface area contributed by atoms with E-state index in [1.807, 2.05) is 0 Å². The van der Waals surface area contributed by atoms with Crippen LogP contribution in [0.5, 0.6) is 0 Å². The van der Waals surface area contributed by atoms with E-state index in [0.717, 1.165) is 12.1 Å². The molecule has 0 saturated heterocycles. The zero-order chi connectivity index (χ0) is 19.6. The van der Waals surface area contributed by atoms with Crippen LogP contribution in [-0.2, 0) is 14.3 Å². The maximum Gasteiger partial charge on any atom is 0.340 e. The van der Waals surface area contributed by atoms with Crippen LogP contribution >= 0.6 is 0 Å². The number of esters is 1. The maximum absolute atomic E-state index is 13.1. The fourth-order valence-corrected chi connectivity index (χ4v) is 2.96. The molecule has 3 rings (SSSR count). The SMILES string of the molecule is CC1CC(=O)Nc2ccccc2N1C(=O)COC(=O)c1ccc(F)cc1N. The van der Waals surface area contributed by atoms with E-state index < -0.39 is 30.3 Å². The molecule has 0 aliphatic carbocycles. The zero-order valence-electron chi connectivity index (χ0n) is 14.6. The number of nitrogen functional groups attached to an aromatic ring is 1. The first-order valence-corrected chi connectivity index (χ1v) is 8.30. The molecule has 27 heavy (non-hydrogen) atoms. The summed E-state index contributed by atoms with van der Waals surface area (Å²) < 4.78 is 18.2. The maximum atomic E-state index is 13.1. The molecule has 1 heterocycles. The fourth-order valence-electron chi connectivity index (χ4n) is 2.96. The van der Waals surface area contributed by atoms with Crippen molar-refractivity contribution in [2.24, 2.45) is 0 Å². The largest absolute Gasteiger partial charge is 0.452 e. The fraction of sp³-hybridized carbons (Fsp3) is 0.211. The van der Waals surface area contributed by atoms with Crippen molar-refractivity contribution in [2.45, 2.75) is 19.4 Å². The summed E-state index contributed by atoms with van der Waals surface area (Å²) >= 11 is 0. The molecule has 7 nitrogen and oxygen atoms in total. The van der Waals surface area contributed by atoms with Gasteiger partial charge in [-0.1, -0.05) is 12.1 Å². The topological polar surface area (TPSA) is 102 Å². The molecule has 0 saturated carbocycles. The van der Waals surface area contributed by atoms with Gasteiger partial charge in [-0.15, -0.1) is 0 Å². The van der Waals surface area contributed by atoms with Crippen LogP contribution < -0.4 is 16.0 Å². The quantitative estimate of drug-likeness (QED) is 0.637. The van der Waals surface area contributed by atoms with Crippen molar-refractivity contribution in [1.29, 1.82) is 0 Å². The Kier molecular flexibility index (Phi) is 5.07. The zero-order valence-corrected chi connectivity index (χ0v) is 14.6. The third-order valence-electron chi connectivity index (χ3n) is 4.19. The van der Waals surface area contributed by atoms with Crippen molar-refractivity contribution in [3.8, 4) is 0 Å². The average Bonchev–Trinajstić information content (AvgIpc) is 2.73. The van der Waals surface area contributed by atoms with E-state index in [9.17, 15) is 18.8 Å². The Bertz CT molecular complexity index is 916. The molecule has 1 aliphatic rings. The van der Waals surface area contributed by atoms with Gasteiger partial charge in [0.25, 0.3) is 5.91 Å². The highest BCUT2D eigenvalue weighted by Crippen LogP contribution is 2.31. The molecule has 2 amide bonds. The molecule has 1 aliphatic heterocycles. The number of nitrogens with zero attached hydrogens (tertiary/aromatic N) is 1. The minimum Gasteiger partial charge on any atom is -0.452 e. The van der Waals surface area contributed by atoms with Gasteiger partial charge in [-0.2, -0.15) is 0 Å².